The fourth-order valence-corrected chi connectivity index (χ4v) is 3.52. The van der Waals surface area contributed by atoms with E-state index in [0.717, 1.165) is 41.7 Å². The summed E-state index contributed by atoms with van der Waals surface area (Å²) in [5.74, 6) is 0.818. The zero-order chi connectivity index (χ0) is 19.8. The van der Waals surface area contributed by atoms with E-state index in [0.29, 0.717) is 12.1 Å². The molecule has 27 heavy (non-hydrogen) atoms. The van der Waals surface area contributed by atoms with Crippen molar-refractivity contribution >= 4 is 23.2 Å². The summed E-state index contributed by atoms with van der Waals surface area (Å²) in [4.78, 5) is 24.0. The largest absolute Gasteiger partial charge is 0.357 e. The van der Waals surface area contributed by atoms with Gasteiger partial charge in [-0.25, -0.2) is 9.98 Å². The van der Waals surface area contributed by atoms with Crippen LogP contribution in [0.3, 0.4) is 0 Å². The zero-order valence-electron chi connectivity index (χ0n) is 16.8. The van der Waals surface area contributed by atoms with E-state index >= 15 is 0 Å². The second-order valence-corrected chi connectivity index (χ2v) is 7.80. The number of nitrogens with zero attached hydrogens (tertiary/aromatic N) is 3. The van der Waals surface area contributed by atoms with Gasteiger partial charge in [0.15, 0.2) is 5.96 Å². The summed E-state index contributed by atoms with van der Waals surface area (Å²) in [6.45, 7) is 8.26. The highest BCUT2D eigenvalue weighted by atomic mass is 32.1. The predicted octanol–water partition coefficient (Wildman–Crippen LogP) is 2.76. The van der Waals surface area contributed by atoms with Crippen molar-refractivity contribution in [3.05, 3.63) is 51.0 Å². The maximum Gasteiger partial charge on any atom is 0.253 e. The Morgan fingerprint density at radius 2 is 2.04 bits per heavy atom. The highest BCUT2D eigenvalue weighted by molar-refractivity contribution is 7.11. The number of carbonyl (C=O) groups is 1. The molecule has 0 atom stereocenters. The fourth-order valence-electron chi connectivity index (χ4n) is 2.66. The second-order valence-electron chi connectivity index (χ2n) is 6.51. The molecule has 1 aromatic heterocycles. The summed E-state index contributed by atoms with van der Waals surface area (Å²) in [6, 6.07) is 7.78. The number of amides is 1. The first kappa shape index (κ1) is 20.9. The number of nitrogens with one attached hydrogen (secondary N) is 2. The third kappa shape index (κ3) is 6.36. The van der Waals surface area contributed by atoms with Crippen molar-refractivity contribution in [3.63, 3.8) is 0 Å². The number of guanidine groups is 1. The minimum Gasteiger partial charge on any atom is -0.357 e. The number of aliphatic imine (C=N–C) groups is 1. The van der Waals surface area contributed by atoms with Crippen LogP contribution in [-0.4, -0.2) is 48.9 Å². The van der Waals surface area contributed by atoms with Crippen molar-refractivity contribution in [3.8, 4) is 0 Å². The van der Waals surface area contributed by atoms with E-state index in [2.05, 4.69) is 27.5 Å². The monoisotopic (exact) mass is 387 g/mol. The van der Waals surface area contributed by atoms with Crippen LogP contribution in [-0.2, 0) is 13.0 Å². The summed E-state index contributed by atoms with van der Waals surface area (Å²) in [7, 11) is 3.53. The average molecular weight is 388 g/mol. The summed E-state index contributed by atoms with van der Waals surface area (Å²) >= 11 is 1.69. The van der Waals surface area contributed by atoms with Crippen molar-refractivity contribution < 1.29 is 4.79 Å². The highest BCUT2D eigenvalue weighted by Gasteiger charge is 2.08. The maximum atomic E-state index is 12.1. The van der Waals surface area contributed by atoms with E-state index in [9.17, 15) is 4.79 Å². The zero-order valence-corrected chi connectivity index (χ0v) is 17.6. The number of hydrogen-bond donors (Lipinski definition) is 2. The summed E-state index contributed by atoms with van der Waals surface area (Å²) in [5, 5.41) is 7.71. The Kier molecular flexibility index (Phi) is 7.79. The van der Waals surface area contributed by atoms with Gasteiger partial charge in [0, 0.05) is 37.6 Å². The maximum absolute atomic E-state index is 12.1. The van der Waals surface area contributed by atoms with Crippen LogP contribution in [0.4, 0.5) is 0 Å². The Labute approximate surface area is 165 Å². The van der Waals surface area contributed by atoms with Gasteiger partial charge in [0.1, 0.15) is 0 Å². The number of aromatic nitrogens is 1. The van der Waals surface area contributed by atoms with Crippen molar-refractivity contribution in [2.45, 2.75) is 33.7 Å². The van der Waals surface area contributed by atoms with E-state index in [1.54, 1.807) is 30.3 Å². The van der Waals surface area contributed by atoms with E-state index < -0.39 is 0 Å². The number of thiazole rings is 1. The summed E-state index contributed by atoms with van der Waals surface area (Å²) in [6.07, 6.45) is 0.817. The van der Waals surface area contributed by atoms with Crippen LogP contribution in [0.15, 0.2) is 29.3 Å². The molecule has 0 saturated heterocycles. The van der Waals surface area contributed by atoms with Gasteiger partial charge < -0.3 is 15.5 Å². The molecule has 2 rings (SSSR count). The third-order valence-electron chi connectivity index (χ3n) is 4.01. The van der Waals surface area contributed by atoms with Gasteiger partial charge in [0.25, 0.3) is 5.91 Å². The number of benzene rings is 1. The first-order valence-corrected chi connectivity index (χ1v) is 9.98. The van der Waals surface area contributed by atoms with Gasteiger partial charge in [-0.2, -0.15) is 0 Å². The molecule has 6 nitrogen and oxygen atoms in total. The van der Waals surface area contributed by atoms with Gasteiger partial charge in [-0.1, -0.05) is 12.1 Å². The molecule has 0 spiro atoms. The number of hydrogen-bond acceptors (Lipinski definition) is 4. The number of rotatable bonds is 7. The highest BCUT2D eigenvalue weighted by Crippen LogP contribution is 2.17. The lowest BCUT2D eigenvalue weighted by Gasteiger charge is -2.13. The molecule has 0 aliphatic carbocycles. The molecule has 0 aliphatic rings. The molecular weight excluding hydrogens is 358 g/mol. The van der Waals surface area contributed by atoms with Gasteiger partial charge in [-0.3, -0.25) is 4.79 Å². The number of carbonyl (C=O) groups excluding carboxylic acids is 1. The Morgan fingerprint density at radius 3 is 2.67 bits per heavy atom. The van der Waals surface area contributed by atoms with Crippen LogP contribution in [0.2, 0.25) is 0 Å². The topological polar surface area (TPSA) is 69.6 Å². The van der Waals surface area contributed by atoms with E-state index in [4.69, 9.17) is 0 Å². The molecule has 7 heteroatoms. The van der Waals surface area contributed by atoms with Crippen molar-refractivity contribution in [1.29, 1.82) is 0 Å². The van der Waals surface area contributed by atoms with Crippen LogP contribution in [0.5, 0.6) is 0 Å². The Hall–Kier alpha value is -2.41. The van der Waals surface area contributed by atoms with Gasteiger partial charge >= 0.3 is 0 Å². The molecule has 2 aromatic rings. The van der Waals surface area contributed by atoms with E-state index in [-0.39, 0.29) is 5.91 Å². The van der Waals surface area contributed by atoms with Crippen LogP contribution >= 0.6 is 11.3 Å². The lowest BCUT2D eigenvalue weighted by Crippen LogP contribution is -2.38. The molecule has 0 bridgehead atoms. The number of aryl methyl sites for hydroxylation is 2. The normalized spacial score (nSPS) is 11.4. The molecule has 0 fully saturated rings. The van der Waals surface area contributed by atoms with Crippen molar-refractivity contribution in [2.75, 3.05) is 27.2 Å². The van der Waals surface area contributed by atoms with Crippen LogP contribution in [0, 0.1) is 13.8 Å². The van der Waals surface area contributed by atoms with Crippen LogP contribution < -0.4 is 10.6 Å². The SMILES string of the molecule is CCNC(=NCc1sc(C)nc1C)NCCc1cccc(C(=O)N(C)C)c1. The Balaban J connectivity index is 1.94. The van der Waals surface area contributed by atoms with Gasteiger partial charge in [0.05, 0.1) is 17.2 Å². The predicted molar refractivity (Wildman–Crippen MR) is 113 cm³/mol. The molecular formula is C20H29N5OS. The lowest BCUT2D eigenvalue weighted by molar-refractivity contribution is 0.0827. The van der Waals surface area contributed by atoms with Gasteiger partial charge in [-0.15, -0.1) is 11.3 Å². The molecule has 2 N–H and O–H groups in total. The second kappa shape index (κ2) is 10.1. The molecule has 1 heterocycles. The lowest BCUT2D eigenvalue weighted by atomic mass is 10.1. The van der Waals surface area contributed by atoms with Gasteiger partial charge in [0.2, 0.25) is 0 Å². The first-order chi connectivity index (χ1) is 12.9. The van der Waals surface area contributed by atoms with Crippen molar-refractivity contribution in [1.82, 2.24) is 20.5 Å². The standard InChI is InChI=1S/C20H29N5OS/c1-6-21-20(23-13-18-14(2)24-15(3)27-18)22-11-10-16-8-7-9-17(12-16)19(26)25(4)5/h7-9,12H,6,10-11,13H2,1-5H3,(H2,21,22,23). The molecule has 1 amide bonds. The van der Waals surface area contributed by atoms with Crippen LogP contribution in [0.1, 0.15) is 38.4 Å². The Morgan fingerprint density at radius 1 is 1.26 bits per heavy atom. The molecule has 0 saturated carbocycles. The molecule has 0 unspecified atom stereocenters. The first-order valence-electron chi connectivity index (χ1n) is 9.16. The molecule has 1 aromatic carbocycles. The van der Waals surface area contributed by atoms with E-state index in [1.807, 2.05) is 38.1 Å². The summed E-state index contributed by atoms with van der Waals surface area (Å²) < 4.78 is 0. The average Bonchev–Trinajstić information content (AvgIpc) is 2.96. The third-order valence-corrected chi connectivity index (χ3v) is 5.07. The van der Waals surface area contributed by atoms with Crippen LogP contribution in [0.25, 0.3) is 0 Å². The summed E-state index contributed by atoms with van der Waals surface area (Å²) in [5.41, 5.74) is 2.90. The molecule has 0 aliphatic heterocycles. The minimum absolute atomic E-state index is 0.0231. The van der Waals surface area contributed by atoms with E-state index in [1.165, 1.54) is 4.88 Å². The molecule has 146 valence electrons. The minimum atomic E-state index is 0.0231. The van der Waals surface area contributed by atoms with Crippen molar-refractivity contribution in [2.24, 2.45) is 4.99 Å². The Bertz CT molecular complexity index is 797. The van der Waals surface area contributed by atoms with Gasteiger partial charge in [-0.05, 0) is 44.9 Å². The molecule has 0 radical (unpaired) electrons. The smallest absolute Gasteiger partial charge is 0.253 e. The fraction of sp³-hybridized carbons (Fsp3) is 0.450. The quantitative estimate of drug-likeness (QED) is 0.566.